The Labute approximate surface area is 146 Å². The fourth-order valence-electron chi connectivity index (χ4n) is 4.46. The van der Waals surface area contributed by atoms with Crippen molar-refractivity contribution in [1.82, 2.24) is 4.90 Å². The van der Waals surface area contributed by atoms with Crippen LogP contribution in [0.2, 0.25) is 0 Å². The van der Waals surface area contributed by atoms with Crippen molar-refractivity contribution in [2.75, 3.05) is 0 Å². The third-order valence-corrected chi connectivity index (χ3v) is 5.93. The molecule has 1 fully saturated rings. The zero-order valence-electron chi connectivity index (χ0n) is 15.0. The van der Waals surface area contributed by atoms with Gasteiger partial charge >= 0.3 is 0 Å². The number of benzene rings is 2. The first kappa shape index (κ1) is 15.7. The van der Waals surface area contributed by atoms with Crippen LogP contribution in [0.1, 0.15) is 47.1 Å². The number of hydrogen-bond donors (Lipinski definition) is 0. The molecule has 2 atom stereocenters. The fourth-order valence-corrected chi connectivity index (χ4v) is 4.46. The molecule has 0 amide bonds. The van der Waals surface area contributed by atoms with Crippen molar-refractivity contribution in [3.05, 3.63) is 76.4 Å². The lowest BCUT2D eigenvalue weighted by Crippen LogP contribution is -2.37. The molecule has 24 heavy (non-hydrogen) atoms. The number of hydrogen-bond acceptors (Lipinski definition) is 1. The van der Waals surface area contributed by atoms with Gasteiger partial charge < -0.3 is 0 Å². The van der Waals surface area contributed by atoms with E-state index in [1.54, 1.807) is 5.57 Å². The van der Waals surface area contributed by atoms with Crippen LogP contribution in [0, 0.1) is 20.8 Å². The Kier molecular flexibility index (Phi) is 4.05. The second-order valence-electron chi connectivity index (χ2n) is 7.60. The van der Waals surface area contributed by atoms with Crippen molar-refractivity contribution >= 4 is 5.57 Å². The summed E-state index contributed by atoms with van der Waals surface area (Å²) in [6.07, 6.45) is 6.41. The molecule has 0 N–H and O–H groups in total. The van der Waals surface area contributed by atoms with Crippen LogP contribution < -0.4 is 0 Å². The van der Waals surface area contributed by atoms with Gasteiger partial charge in [0.2, 0.25) is 0 Å². The van der Waals surface area contributed by atoms with Crippen molar-refractivity contribution in [2.24, 2.45) is 0 Å². The molecule has 2 aliphatic rings. The van der Waals surface area contributed by atoms with E-state index in [9.17, 15) is 0 Å². The summed E-state index contributed by atoms with van der Waals surface area (Å²) in [5.41, 5.74) is 8.74. The fraction of sp³-hybridized carbons (Fsp3) is 0.391. The summed E-state index contributed by atoms with van der Waals surface area (Å²) in [5, 5.41) is 0. The summed E-state index contributed by atoms with van der Waals surface area (Å²) in [4.78, 5) is 2.72. The molecule has 0 radical (unpaired) electrons. The summed E-state index contributed by atoms with van der Waals surface area (Å²) in [6, 6.07) is 17.0. The van der Waals surface area contributed by atoms with Gasteiger partial charge in [-0.05, 0) is 73.4 Å². The maximum Gasteiger partial charge on any atom is 0.0291 e. The number of rotatable bonds is 3. The molecular weight excluding hydrogens is 290 g/mol. The summed E-state index contributed by atoms with van der Waals surface area (Å²) >= 11 is 0. The normalized spacial score (nSPS) is 23.4. The highest BCUT2D eigenvalue weighted by Crippen LogP contribution is 2.40. The van der Waals surface area contributed by atoms with E-state index in [0.29, 0.717) is 12.1 Å². The zero-order chi connectivity index (χ0) is 16.7. The van der Waals surface area contributed by atoms with Crippen molar-refractivity contribution in [3.63, 3.8) is 0 Å². The quantitative estimate of drug-likeness (QED) is 0.729. The highest BCUT2D eigenvalue weighted by atomic mass is 15.2. The smallest absolute Gasteiger partial charge is 0.0291 e. The van der Waals surface area contributed by atoms with Crippen molar-refractivity contribution in [2.45, 2.75) is 58.7 Å². The minimum absolute atomic E-state index is 0.611. The first-order valence-electron chi connectivity index (χ1n) is 9.20. The average Bonchev–Trinajstić information content (AvgIpc) is 2.81. The molecule has 0 spiro atoms. The Balaban J connectivity index is 1.61. The van der Waals surface area contributed by atoms with Gasteiger partial charge in [0.15, 0.2) is 0 Å². The van der Waals surface area contributed by atoms with E-state index in [-0.39, 0.29) is 0 Å². The second-order valence-corrected chi connectivity index (χ2v) is 7.60. The van der Waals surface area contributed by atoms with Crippen molar-refractivity contribution in [3.8, 4) is 0 Å². The van der Waals surface area contributed by atoms with Crippen LogP contribution in [0.5, 0.6) is 0 Å². The van der Waals surface area contributed by atoms with Gasteiger partial charge in [-0.2, -0.15) is 0 Å². The second kappa shape index (κ2) is 6.22. The predicted molar refractivity (Wildman–Crippen MR) is 102 cm³/mol. The van der Waals surface area contributed by atoms with E-state index in [4.69, 9.17) is 0 Å². The van der Waals surface area contributed by atoms with Crippen LogP contribution in [0.4, 0.5) is 0 Å². The lowest BCUT2D eigenvalue weighted by Gasteiger charge is -2.34. The topological polar surface area (TPSA) is 3.24 Å². The third-order valence-electron chi connectivity index (χ3n) is 5.93. The van der Waals surface area contributed by atoms with Gasteiger partial charge in [0.05, 0.1) is 0 Å². The number of aryl methyl sites for hydroxylation is 3. The van der Waals surface area contributed by atoms with Gasteiger partial charge in [-0.15, -0.1) is 0 Å². The van der Waals surface area contributed by atoms with Gasteiger partial charge in [0.25, 0.3) is 0 Å². The Hall–Kier alpha value is -1.86. The zero-order valence-corrected chi connectivity index (χ0v) is 15.0. The van der Waals surface area contributed by atoms with E-state index in [2.05, 4.69) is 74.2 Å². The molecule has 2 unspecified atom stereocenters. The van der Waals surface area contributed by atoms with Crippen molar-refractivity contribution < 1.29 is 0 Å². The Bertz CT molecular complexity index is 772. The molecule has 2 aromatic carbocycles. The lowest BCUT2D eigenvalue weighted by atomic mass is 9.89. The number of fused-ring (bicyclic) bond motifs is 2. The standard InChI is InChI=1S/C23H27N/c1-16-11-18(3)23(12-17(16)2)20-13-21-9-10-22(14-20)24(21)15-19-7-5-4-6-8-19/h4-8,11-13,21-22H,9-10,14-15H2,1-3H3. The van der Waals surface area contributed by atoms with Gasteiger partial charge in [0.1, 0.15) is 0 Å². The summed E-state index contributed by atoms with van der Waals surface area (Å²) in [5.74, 6) is 0. The van der Waals surface area contributed by atoms with E-state index in [1.165, 1.54) is 47.1 Å². The predicted octanol–water partition coefficient (Wildman–Crippen LogP) is 5.43. The Morgan fingerprint density at radius 3 is 2.42 bits per heavy atom. The van der Waals surface area contributed by atoms with E-state index in [1.807, 2.05) is 0 Å². The minimum atomic E-state index is 0.611. The van der Waals surface area contributed by atoms with E-state index >= 15 is 0 Å². The van der Waals surface area contributed by atoms with Crippen LogP contribution in [0.3, 0.4) is 0 Å². The van der Waals surface area contributed by atoms with Crippen LogP contribution >= 0.6 is 0 Å². The van der Waals surface area contributed by atoms with Gasteiger partial charge in [-0.3, -0.25) is 4.90 Å². The SMILES string of the molecule is Cc1cc(C)c(C2=CC3CCC(C2)N3Cc2ccccc2)cc1C. The summed E-state index contributed by atoms with van der Waals surface area (Å²) in [7, 11) is 0. The Morgan fingerprint density at radius 2 is 1.67 bits per heavy atom. The molecule has 2 bridgehead atoms. The summed E-state index contributed by atoms with van der Waals surface area (Å²) in [6.45, 7) is 7.80. The first-order chi connectivity index (χ1) is 11.6. The highest BCUT2D eigenvalue weighted by molar-refractivity contribution is 5.71. The molecule has 0 aromatic heterocycles. The van der Waals surface area contributed by atoms with Crippen LogP contribution in [0.25, 0.3) is 5.57 Å². The highest BCUT2D eigenvalue weighted by Gasteiger charge is 2.36. The van der Waals surface area contributed by atoms with Crippen molar-refractivity contribution in [1.29, 1.82) is 0 Å². The minimum Gasteiger partial charge on any atom is -0.289 e. The molecule has 2 aliphatic heterocycles. The molecule has 1 nitrogen and oxygen atoms in total. The summed E-state index contributed by atoms with van der Waals surface area (Å²) < 4.78 is 0. The van der Waals surface area contributed by atoms with Crippen LogP contribution in [-0.2, 0) is 6.54 Å². The van der Waals surface area contributed by atoms with E-state index in [0.717, 1.165) is 6.54 Å². The average molecular weight is 317 g/mol. The first-order valence-corrected chi connectivity index (χ1v) is 9.20. The molecule has 0 aliphatic carbocycles. The van der Waals surface area contributed by atoms with Gasteiger partial charge in [0, 0.05) is 18.6 Å². The van der Waals surface area contributed by atoms with Gasteiger partial charge in [-0.1, -0.05) is 48.5 Å². The van der Waals surface area contributed by atoms with Crippen LogP contribution in [-0.4, -0.2) is 17.0 Å². The third kappa shape index (κ3) is 2.82. The molecule has 1 saturated heterocycles. The molecule has 1 heteroatoms. The van der Waals surface area contributed by atoms with E-state index < -0.39 is 0 Å². The largest absolute Gasteiger partial charge is 0.289 e. The lowest BCUT2D eigenvalue weighted by molar-refractivity contribution is 0.203. The van der Waals surface area contributed by atoms with Crippen LogP contribution in [0.15, 0.2) is 48.5 Å². The Morgan fingerprint density at radius 1 is 0.917 bits per heavy atom. The molecule has 124 valence electrons. The molecule has 0 saturated carbocycles. The molecule has 2 heterocycles. The molecule has 2 aromatic rings. The molecular formula is C23H27N. The maximum absolute atomic E-state index is 2.72. The van der Waals surface area contributed by atoms with Gasteiger partial charge in [-0.25, -0.2) is 0 Å². The molecule has 4 rings (SSSR count). The number of nitrogens with zero attached hydrogens (tertiary/aromatic N) is 1. The maximum atomic E-state index is 2.72. The monoisotopic (exact) mass is 317 g/mol.